The fourth-order valence-electron chi connectivity index (χ4n) is 4.73. The Morgan fingerprint density at radius 3 is 2.32 bits per heavy atom. The van der Waals surface area contributed by atoms with Gasteiger partial charge in [0, 0.05) is 6.42 Å². The second kappa shape index (κ2) is 10.6. The molecule has 1 N–H and O–H groups in total. The number of hydrogen-bond acceptors (Lipinski definition) is 1. The highest BCUT2D eigenvalue weighted by molar-refractivity contribution is 5.88. The molecule has 2 nitrogen and oxygen atoms in total. The van der Waals surface area contributed by atoms with Gasteiger partial charge in [0.1, 0.15) is 5.82 Å². The van der Waals surface area contributed by atoms with Crippen molar-refractivity contribution in [1.82, 2.24) is 9.97 Å². The first-order valence-electron chi connectivity index (χ1n) is 12.2. The van der Waals surface area contributed by atoms with E-state index in [-0.39, 0.29) is 0 Å². The van der Waals surface area contributed by atoms with Gasteiger partial charge in [-0.25, -0.2) is 4.98 Å². The summed E-state index contributed by atoms with van der Waals surface area (Å²) in [7, 11) is 0. The third kappa shape index (κ3) is 5.36. The molecule has 31 heavy (non-hydrogen) atoms. The van der Waals surface area contributed by atoms with Crippen LogP contribution in [0.4, 0.5) is 0 Å². The van der Waals surface area contributed by atoms with Crippen molar-refractivity contribution in [2.45, 2.75) is 78.1 Å². The molecule has 4 rings (SSSR count). The van der Waals surface area contributed by atoms with E-state index in [2.05, 4.69) is 73.4 Å². The van der Waals surface area contributed by atoms with Crippen LogP contribution in [-0.2, 0) is 19.3 Å². The molecule has 162 valence electrons. The first-order chi connectivity index (χ1) is 15.3. The molecule has 0 aliphatic heterocycles. The van der Waals surface area contributed by atoms with Gasteiger partial charge in [0.15, 0.2) is 0 Å². The fourth-order valence-corrected chi connectivity index (χ4v) is 4.73. The van der Waals surface area contributed by atoms with E-state index in [1.807, 2.05) is 0 Å². The van der Waals surface area contributed by atoms with Crippen molar-refractivity contribution in [2.24, 2.45) is 0 Å². The fraction of sp³-hybridized carbons (Fsp3) is 0.414. The van der Waals surface area contributed by atoms with Gasteiger partial charge in [0.25, 0.3) is 0 Å². The summed E-state index contributed by atoms with van der Waals surface area (Å²) in [6, 6.07) is 19.9. The maximum atomic E-state index is 4.99. The van der Waals surface area contributed by atoms with Crippen LogP contribution < -0.4 is 0 Å². The lowest BCUT2D eigenvalue weighted by molar-refractivity contribution is 0.608. The molecule has 0 bridgehead atoms. The molecule has 0 saturated carbocycles. The molecule has 0 saturated heterocycles. The standard InChI is InChI=1S/C29H36N2/c1-3-4-5-6-7-8-13-24-15-11-18-27-29(24)31-28(30-27)19-12-14-23-21-20-22(2)25-16-9-10-17-26(23)25/h9-11,15-18,20-21H,3-8,12-14,19H2,1-2H3,(H,30,31). The van der Waals surface area contributed by atoms with Crippen LogP contribution in [0.3, 0.4) is 0 Å². The van der Waals surface area contributed by atoms with Gasteiger partial charge in [-0.15, -0.1) is 0 Å². The van der Waals surface area contributed by atoms with Gasteiger partial charge < -0.3 is 4.98 Å². The Morgan fingerprint density at radius 1 is 0.677 bits per heavy atom. The van der Waals surface area contributed by atoms with Crippen LogP contribution in [0.1, 0.15) is 74.4 Å². The van der Waals surface area contributed by atoms with E-state index in [0.29, 0.717) is 0 Å². The molecule has 1 aromatic heterocycles. The molecule has 0 fully saturated rings. The predicted molar refractivity (Wildman–Crippen MR) is 134 cm³/mol. The van der Waals surface area contributed by atoms with Crippen LogP contribution in [0.2, 0.25) is 0 Å². The second-order valence-electron chi connectivity index (χ2n) is 8.96. The lowest BCUT2D eigenvalue weighted by atomic mass is 9.97. The molecule has 2 heteroatoms. The monoisotopic (exact) mass is 412 g/mol. The molecular weight excluding hydrogens is 376 g/mol. The van der Waals surface area contributed by atoms with Crippen LogP contribution >= 0.6 is 0 Å². The van der Waals surface area contributed by atoms with Crippen molar-refractivity contribution in [2.75, 3.05) is 0 Å². The molecule has 0 amide bonds. The van der Waals surface area contributed by atoms with Crippen molar-refractivity contribution in [3.05, 3.63) is 77.1 Å². The Bertz CT molecular complexity index is 1120. The molecule has 0 spiro atoms. The van der Waals surface area contributed by atoms with Crippen LogP contribution in [-0.4, -0.2) is 9.97 Å². The quantitative estimate of drug-likeness (QED) is 0.248. The number of imidazole rings is 1. The number of para-hydroxylation sites is 1. The summed E-state index contributed by atoms with van der Waals surface area (Å²) < 4.78 is 0. The van der Waals surface area contributed by atoms with Crippen LogP contribution in [0, 0.1) is 6.92 Å². The number of unbranched alkanes of at least 4 members (excludes halogenated alkanes) is 5. The molecule has 3 aromatic carbocycles. The van der Waals surface area contributed by atoms with E-state index in [4.69, 9.17) is 4.98 Å². The van der Waals surface area contributed by atoms with Crippen LogP contribution in [0.25, 0.3) is 21.8 Å². The largest absolute Gasteiger partial charge is 0.342 e. The zero-order chi connectivity index (χ0) is 21.5. The van der Waals surface area contributed by atoms with Gasteiger partial charge in [0.05, 0.1) is 11.0 Å². The van der Waals surface area contributed by atoms with E-state index in [1.165, 1.54) is 77.0 Å². The van der Waals surface area contributed by atoms with E-state index in [0.717, 1.165) is 31.5 Å². The summed E-state index contributed by atoms with van der Waals surface area (Å²) in [6.07, 6.45) is 12.4. The van der Waals surface area contributed by atoms with Gasteiger partial charge in [-0.05, 0) is 66.1 Å². The Balaban J connectivity index is 1.37. The Morgan fingerprint density at radius 2 is 1.45 bits per heavy atom. The van der Waals surface area contributed by atoms with Crippen molar-refractivity contribution >= 4 is 21.8 Å². The number of fused-ring (bicyclic) bond motifs is 2. The molecule has 4 aromatic rings. The van der Waals surface area contributed by atoms with Gasteiger partial charge >= 0.3 is 0 Å². The third-order valence-corrected chi connectivity index (χ3v) is 6.54. The maximum absolute atomic E-state index is 4.99. The van der Waals surface area contributed by atoms with E-state index < -0.39 is 0 Å². The number of H-pyrrole nitrogens is 1. The number of benzene rings is 3. The van der Waals surface area contributed by atoms with Crippen molar-refractivity contribution in [3.8, 4) is 0 Å². The molecule has 1 heterocycles. The predicted octanol–water partition coefficient (Wildman–Crippen LogP) is 8.10. The number of nitrogens with one attached hydrogen (secondary N) is 1. The number of aromatic nitrogens is 2. The minimum atomic E-state index is 0.993. The summed E-state index contributed by atoms with van der Waals surface area (Å²) >= 11 is 0. The zero-order valence-electron chi connectivity index (χ0n) is 19.2. The lowest BCUT2D eigenvalue weighted by Crippen LogP contribution is -1.94. The van der Waals surface area contributed by atoms with Crippen LogP contribution in [0.5, 0.6) is 0 Å². The molecule has 0 unspecified atom stereocenters. The number of aryl methyl sites for hydroxylation is 4. The molecule has 0 aliphatic carbocycles. The van der Waals surface area contributed by atoms with Gasteiger partial charge in [-0.2, -0.15) is 0 Å². The van der Waals surface area contributed by atoms with Gasteiger partial charge in [0.2, 0.25) is 0 Å². The van der Waals surface area contributed by atoms with Crippen molar-refractivity contribution < 1.29 is 0 Å². The van der Waals surface area contributed by atoms with Gasteiger partial charge in [-0.1, -0.05) is 87.6 Å². The molecule has 0 radical (unpaired) electrons. The highest BCUT2D eigenvalue weighted by Crippen LogP contribution is 2.24. The summed E-state index contributed by atoms with van der Waals surface area (Å²) in [5.41, 5.74) is 6.58. The average molecular weight is 413 g/mol. The highest BCUT2D eigenvalue weighted by atomic mass is 14.9. The second-order valence-corrected chi connectivity index (χ2v) is 8.96. The van der Waals surface area contributed by atoms with E-state index in [1.54, 1.807) is 0 Å². The Labute approximate surface area is 187 Å². The number of rotatable bonds is 11. The third-order valence-electron chi connectivity index (χ3n) is 6.54. The van der Waals surface area contributed by atoms with Gasteiger partial charge in [-0.3, -0.25) is 0 Å². The van der Waals surface area contributed by atoms with Crippen molar-refractivity contribution in [1.29, 1.82) is 0 Å². The normalized spacial score (nSPS) is 11.5. The Hall–Kier alpha value is -2.61. The minimum Gasteiger partial charge on any atom is -0.342 e. The first kappa shape index (κ1) is 21.6. The number of hydrogen-bond donors (Lipinski definition) is 1. The average Bonchev–Trinajstić information content (AvgIpc) is 3.22. The summed E-state index contributed by atoms with van der Waals surface area (Å²) in [6.45, 7) is 4.47. The Kier molecular flexibility index (Phi) is 7.40. The first-order valence-corrected chi connectivity index (χ1v) is 12.2. The van der Waals surface area contributed by atoms with Crippen molar-refractivity contribution in [3.63, 3.8) is 0 Å². The van der Waals surface area contributed by atoms with E-state index >= 15 is 0 Å². The summed E-state index contributed by atoms with van der Waals surface area (Å²) in [5.74, 6) is 1.13. The SMILES string of the molecule is CCCCCCCCc1cccc2[nH]c(CCCc3ccc(C)c4ccccc34)nc12. The lowest BCUT2D eigenvalue weighted by Gasteiger charge is -2.08. The topological polar surface area (TPSA) is 28.7 Å². The molecule has 0 atom stereocenters. The molecular formula is C29H36N2. The van der Waals surface area contributed by atoms with E-state index in [9.17, 15) is 0 Å². The van der Waals surface area contributed by atoms with Crippen LogP contribution in [0.15, 0.2) is 54.6 Å². The zero-order valence-corrected chi connectivity index (χ0v) is 19.2. The maximum Gasteiger partial charge on any atom is 0.107 e. The number of aromatic amines is 1. The smallest absolute Gasteiger partial charge is 0.107 e. The number of nitrogens with zero attached hydrogens (tertiary/aromatic N) is 1. The molecule has 0 aliphatic rings. The summed E-state index contributed by atoms with van der Waals surface area (Å²) in [5, 5.41) is 2.77. The minimum absolute atomic E-state index is 0.993. The summed E-state index contributed by atoms with van der Waals surface area (Å²) in [4.78, 5) is 8.57. The highest BCUT2D eigenvalue weighted by Gasteiger charge is 2.08.